The van der Waals surface area contributed by atoms with Crippen molar-refractivity contribution in [2.75, 3.05) is 6.54 Å². The van der Waals surface area contributed by atoms with E-state index in [0.29, 0.717) is 11.8 Å². The number of benzene rings is 1. The Labute approximate surface area is 130 Å². The topological polar surface area (TPSA) is 29.1 Å². The molecular weight excluding hydrogens is 278 g/mol. The third kappa shape index (κ3) is 3.73. The molecule has 1 aromatic carbocycles. The largest absolute Gasteiger partial charge is 0.351 e. The normalized spacial score (nSPS) is 21.9. The summed E-state index contributed by atoms with van der Waals surface area (Å²) < 4.78 is 0. The molecule has 1 fully saturated rings. The molecule has 0 bridgehead atoms. The molecule has 0 atom stereocenters. The lowest BCUT2D eigenvalue weighted by Gasteiger charge is -2.28. The van der Waals surface area contributed by atoms with E-state index >= 15 is 0 Å². The Balaban J connectivity index is 1.45. The molecule has 2 nitrogen and oxygen atoms in total. The Hall–Kier alpha value is -1.61. The minimum Gasteiger partial charge on any atom is -0.351 e. The fourth-order valence-corrected chi connectivity index (χ4v) is 3.80. The van der Waals surface area contributed by atoms with Crippen molar-refractivity contribution in [2.24, 2.45) is 5.92 Å². The fraction of sp³-hybridized carbons (Fsp3) is 0.389. The molecule has 2 aromatic rings. The van der Waals surface area contributed by atoms with Gasteiger partial charge in [0.1, 0.15) is 0 Å². The van der Waals surface area contributed by atoms with Gasteiger partial charge in [-0.2, -0.15) is 0 Å². The number of carbonyl (C=O) groups is 1. The molecule has 1 N–H and O–H groups in total. The van der Waals surface area contributed by atoms with Gasteiger partial charge in [-0.25, -0.2) is 0 Å². The van der Waals surface area contributed by atoms with Crippen molar-refractivity contribution in [3.63, 3.8) is 0 Å². The average Bonchev–Trinajstić information content (AvgIpc) is 3.08. The van der Waals surface area contributed by atoms with Crippen LogP contribution < -0.4 is 5.32 Å². The van der Waals surface area contributed by atoms with Crippen molar-refractivity contribution in [1.29, 1.82) is 0 Å². The van der Waals surface area contributed by atoms with Crippen LogP contribution in [0.2, 0.25) is 0 Å². The molecule has 110 valence electrons. The van der Waals surface area contributed by atoms with Gasteiger partial charge in [-0.3, -0.25) is 4.79 Å². The molecule has 0 saturated heterocycles. The summed E-state index contributed by atoms with van der Waals surface area (Å²) in [5.74, 6) is 1.42. The number of hydrogen-bond donors (Lipinski definition) is 1. The van der Waals surface area contributed by atoms with Crippen LogP contribution in [0.1, 0.15) is 46.8 Å². The molecule has 3 heteroatoms. The van der Waals surface area contributed by atoms with Crippen LogP contribution in [0.4, 0.5) is 0 Å². The number of thiophene rings is 1. The first-order valence-electron chi connectivity index (χ1n) is 7.69. The van der Waals surface area contributed by atoms with Crippen molar-refractivity contribution in [1.82, 2.24) is 5.32 Å². The highest BCUT2D eigenvalue weighted by molar-refractivity contribution is 7.12. The van der Waals surface area contributed by atoms with Gasteiger partial charge >= 0.3 is 0 Å². The van der Waals surface area contributed by atoms with Crippen LogP contribution in [0.5, 0.6) is 0 Å². The van der Waals surface area contributed by atoms with Gasteiger partial charge < -0.3 is 5.32 Å². The summed E-state index contributed by atoms with van der Waals surface area (Å²) in [6, 6.07) is 14.6. The summed E-state index contributed by atoms with van der Waals surface area (Å²) in [4.78, 5) is 12.7. The molecule has 1 amide bonds. The lowest BCUT2D eigenvalue weighted by atomic mass is 9.79. The van der Waals surface area contributed by atoms with Gasteiger partial charge in [-0.05, 0) is 54.5 Å². The first-order valence-corrected chi connectivity index (χ1v) is 8.57. The Morgan fingerprint density at radius 2 is 1.81 bits per heavy atom. The molecule has 0 radical (unpaired) electrons. The molecule has 1 aliphatic carbocycles. The van der Waals surface area contributed by atoms with E-state index < -0.39 is 0 Å². The van der Waals surface area contributed by atoms with Crippen LogP contribution in [-0.2, 0) is 0 Å². The Kier molecular flexibility index (Phi) is 4.71. The minimum absolute atomic E-state index is 0.0789. The highest BCUT2D eigenvalue weighted by Gasteiger charge is 2.22. The zero-order chi connectivity index (χ0) is 14.5. The lowest BCUT2D eigenvalue weighted by Crippen LogP contribution is -2.30. The van der Waals surface area contributed by atoms with E-state index in [-0.39, 0.29) is 5.91 Å². The van der Waals surface area contributed by atoms with Gasteiger partial charge in [-0.1, -0.05) is 36.4 Å². The summed E-state index contributed by atoms with van der Waals surface area (Å²) in [5, 5.41) is 5.03. The third-order valence-electron chi connectivity index (χ3n) is 4.41. The van der Waals surface area contributed by atoms with Gasteiger partial charge in [0.05, 0.1) is 4.88 Å². The molecular formula is C18H21NOS. The van der Waals surface area contributed by atoms with E-state index in [0.717, 1.165) is 11.4 Å². The van der Waals surface area contributed by atoms with E-state index in [2.05, 4.69) is 35.6 Å². The third-order valence-corrected chi connectivity index (χ3v) is 5.28. The number of carbonyl (C=O) groups excluding carboxylic acids is 1. The van der Waals surface area contributed by atoms with E-state index in [1.807, 2.05) is 17.5 Å². The maximum absolute atomic E-state index is 11.9. The van der Waals surface area contributed by atoms with Crippen LogP contribution in [0.15, 0.2) is 47.8 Å². The Morgan fingerprint density at radius 3 is 2.48 bits per heavy atom. The number of rotatable bonds is 4. The summed E-state index contributed by atoms with van der Waals surface area (Å²) in [6.07, 6.45) is 4.90. The van der Waals surface area contributed by atoms with Crippen molar-refractivity contribution < 1.29 is 4.79 Å². The van der Waals surface area contributed by atoms with Crippen molar-refractivity contribution in [2.45, 2.75) is 31.6 Å². The Morgan fingerprint density at radius 1 is 1.05 bits per heavy atom. The average molecular weight is 299 g/mol. The predicted octanol–water partition coefficient (Wildman–Crippen LogP) is 4.45. The van der Waals surface area contributed by atoms with Crippen molar-refractivity contribution in [3.8, 4) is 0 Å². The van der Waals surface area contributed by atoms with Gasteiger partial charge in [0, 0.05) is 6.54 Å². The van der Waals surface area contributed by atoms with Crippen LogP contribution in [0, 0.1) is 5.92 Å². The lowest BCUT2D eigenvalue weighted by molar-refractivity contribution is 0.0947. The van der Waals surface area contributed by atoms with E-state index in [4.69, 9.17) is 0 Å². The molecule has 1 saturated carbocycles. The quantitative estimate of drug-likeness (QED) is 0.887. The smallest absolute Gasteiger partial charge is 0.261 e. The maximum Gasteiger partial charge on any atom is 0.261 e. The fourth-order valence-electron chi connectivity index (χ4n) is 3.16. The molecule has 1 aromatic heterocycles. The molecule has 3 rings (SSSR count). The highest BCUT2D eigenvalue weighted by atomic mass is 32.1. The maximum atomic E-state index is 11.9. The number of amides is 1. The zero-order valence-corrected chi connectivity index (χ0v) is 12.9. The second kappa shape index (κ2) is 6.90. The van der Waals surface area contributed by atoms with Gasteiger partial charge in [0.25, 0.3) is 5.91 Å². The zero-order valence-electron chi connectivity index (χ0n) is 12.1. The highest BCUT2D eigenvalue weighted by Crippen LogP contribution is 2.35. The molecule has 0 unspecified atom stereocenters. The SMILES string of the molecule is O=C(NCC1CCC(c2ccccc2)CC1)c1cccs1. The van der Waals surface area contributed by atoms with Crippen LogP contribution >= 0.6 is 11.3 Å². The second-order valence-corrected chi connectivity index (χ2v) is 6.76. The Bertz CT molecular complexity index is 556. The first-order chi connectivity index (χ1) is 10.3. The summed E-state index contributed by atoms with van der Waals surface area (Å²) in [7, 11) is 0. The van der Waals surface area contributed by atoms with Gasteiger partial charge in [0.15, 0.2) is 0 Å². The minimum atomic E-state index is 0.0789. The summed E-state index contributed by atoms with van der Waals surface area (Å²) >= 11 is 1.50. The standard InChI is InChI=1S/C18H21NOS/c20-18(17-7-4-12-21-17)19-13-14-8-10-16(11-9-14)15-5-2-1-3-6-15/h1-7,12,14,16H,8-11,13H2,(H,19,20). The molecule has 1 aliphatic rings. The van der Waals surface area contributed by atoms with E-state index in [1.165, 1.54) is 42.6 Å². The van der Waals surface area contributed by atoms with Gasteiger partial charge in [-0.15, -0.1) is 11.3 Å². The number of hydrogen-bond acceptors (Lipinski definition) is 2. The summed E-state index contributed by atoms with van der Waals surface area (Å²) in [5.41, 5.74) is 1.47. The van der Waals surface area contributed by atoms with Crippen molar-refractivity contribution in [3.05, 3.63) is 58.3 Å². The van der Waals surface area contributed by atoms with E-state index in [1.54, 1.807) is 0 Å². The first kappa shape index (κ1) is 14.3. The van der Waals surface area contributed by atoms with Crippen LogP contribution in [0.25, 0.3) is 0 Å². The molecule has 0 spiro atoms. The van der Waals surface area contributed by atoms with Crippen LogP contribution in [0.3, 0.4) is 0 Å². The predicted molar refractivity (Wildman–Crippen MR) is 87.8 cm³/mol. The number of nitrogens with one attached hydrogen (secondary N) is 1. The summed E-state index contributed by atoms with van der Waals surface area (Å²) in [6.45, 7) is 0.818. The van der Waals surface area contributed by atoms with Crippen molar-refractivity contribution >= 4 is 17.2 Å². The molecule has 21 heavy (non-hydrogen) atoms. The molecule has 0 aliphatic heterocycles. The van der Waals surface area contributed by atoms with E-state index in [9.17, 15) is 4.79 Å². The van der Waals surface area contributed by atoms with Crippen LogP contribution in [-0.4, -0.2) is 12.5 Å². The van der Waals surface area contributed by atoms with Gasteiger partial charge in [0.2, 0.25) is 0 Å². The second-order valence-electron chi connectivity index (χ2n) is 5.82. The molecule has 1 heterocycles. The monoisotopic (exact) mass is 299 g/mol.